The molecule has 92 valence electrons. The van der Waals surface area contributed by atoms with Gasteiger partial charge >= 0.3 is 0 Å². The number of nitrogens with zero attached hydrogens (tertiary/aromatic N) is 1. The van der Waals surface area contributed by atoms with E-state index >= 15 is 0 Å². The highest BCUT2D eigenvalue weighted by Gasteiger charge is 2.15. The van der Waals surface area contributed by atoms with Crippen LogP contribution in [0.25, 0.3) is 0 Å². The second kappa shape index (κ2) is 5.42. The minimum Gasteiger partial charge on any atom is -0.324 e. The van der Waals surface area contributed by atoms with E-state index in [0.29, 0.717) is 12.0 Å². The van der Waals surface area contributed by atoms with Crippen LogP contribution in [0.1, 0.15) is 17.2 Å². The van der Waals surface area contributed by atoms with Crippen molar-refractivity contribution in [3.63, 3.8) is 0 Å². The predicted molar refractivity (Wildman–Crippen MR) is 70.2 cm³/mol. The summed E-state index contributed by atoms with van der Waals surface area (Å²) in [4.78, 5) is 10.5. The first kappa shape index (κ1) is 12.3. The standard InChI is InChI=1S/C14H14N2O2/c15-13(11-6-2-1-3-7-11)10-12-8-4-5-9-14(12)16(17)18/h1-9,13H,10,15H2/t13-/m0/s1. The zero-order chi connectivity index (χ0) is 13.0. The van der Waals surface area contributed by atoms with Crippen LogP contribution >= 0.6 is 0 Å². The molecule has 0 saturated heterocycles. The van der Waals surface area contributed by atoms with Crippen molar-refractivity contribution in [1.29, 1.82) is 0 Å². The number of rotatable bonds is 4. The van der Waals surface area contributed by atoms with Gasteiger partial charge in [-0.3, -0.25) is 10.1 Å². The molecule has 0 aliphatic heterocycles. The van der Waals surface area contributed by atoms with Gasteiger partial charge in [0.25, 0.3) is 5.69 Å². The molecule has 0 aromatic heterocycles. The third-order valence-electron chi connectivity index (χ3n) is 2.86. The van der Waals surface area contributed by atoms with Crippen molar-refractivity contribution in [2.24, 2.45) is 5.73 Å². The molecule has 0 amide bonds. The topological polar surface area (TPSA) is 69.2 Å². The van der Waals surface area contributed by atoms with E-state index < -0.39 is 0 Å². The van der Waals surface area contributed by atoms with Crippen LogP contribution in [-0.4, -0.2) is 4.92 Å². The van der Waals surface area contributed by atoms with Crippen molar-refractivity contribution >= 4 is 5.69 Å². The summed E-state index contributed by atoms with van der Waals surface area (Å²) in [5.41, 5.74) is 7.85. The average molecular weight is 242 g/mol. The Balaban J connectivity index is 2.22. The van der Waals surface area contributed by atoms with Crippen LogP contribution in [-0.2, 0) is 6.42 Å². The Kier molecular flexibility index (Phi) is 3.69. The zero-order valence-corrected chi connectivity index (χ0v) is 9.82. The van der Waals surface area contributed by atoms with Gasteiger partial charge in [-0.05, 0) is 12.0 Å². The second-order valence-corrected chi connectivity index (χ2v) is 4.11. The van der Waals surface area contributed by atoms with E-state index in [4.69, 9.17) is 5.73 Å². The third kappa shape index (κ3) is 2.73. The molecule has 0 aliphatic rings. The maximum Gasteiger partial charge on any atom is 0.272 e. The molecule has 4 nitrogen and oxygen atoms in total. The number of nitro benzene ring substituents is 1. The number of para-hydroxylation sites is 1. The SMILES string of the molecule is N[C@@H](Cc1ccccc1[N+](=O)[O-])c1ccccc1. The highest BCUT2D eigenvalue weighted by atomic mass is 16.6. The van der Waals surface area contributed by atoms with Gasteiger partial charge in [0.1, 0.15) is 0 Å². The molecule has 0 saturated carbocycles. The lowest BCUT2D eigenvalue weighted by atomic mass is 9.99. The van der Waals surface area contributed by atoms with Crippen molar-refractivity contribution in [3.05, 3.63) is 75.8 Å². The molecule has 1 atom stereocenters. The summed E-state index contributed by atoms with van der Waals surface area (Å²) in [6.07, 6.45) is 0.459. The lowest BCUT2D eigenvalue weighted by Gasteiger charge is -2.12. The molecule has 2 rings (SSSR count). The molecular weight excluding hydrogens is 228 g/mol. The van der Waals surface area contributed by atoms with E-state index in [1.807, 2.05) is 30.3 Å². The summed E-state index contributed by atoms with van der Waals surface area (Å²) in [6.45, 7) is 0. The summed E-state index contributed by atoms with van der Waals surface area (Å²) < 4.78 is 0. The van der Waals surface area contributed by atoms with E-state index in [1.54, 1.807) is 18.2 Å². The molecule has 0 spiro atoms. The lowest BCUT2D eigenvalue weighted by molar-refractivity contribution is -0.385. The van der Waals surface area contributed by atoms with Gasteiger partial charge in [-0.15, -0.1) is 0 Å². The van der Waals surface area contributed by atoms with E-state index in [9.17, 15) is 10.1 Å². The Labute approximate surface area is 105 Å². The van der Waals surface area contributed by atoms with Gasteiger partial charge in [0.2, 0.25) is 0 Å². The fourth-order valence-electron chi connectivity index (χ4n) is 1.92. The van der Waals surface area contributed by atoms with Gasteiger partial charge in [-0.1, -0.05) is 48.5 Å². The molecule has 2 N–H and O–H groups in total. The van der Waals surface area contributed by atoms with Gasteiger partial charge < -0.3 is 5.73 Å². The zero-order valence-electron chi connectivity index (χ0n) is 9.82. The molecule has 0 radical (unpaired) electrons. The minimum atomic E-state index is -0.368. The van der Waals surface area contributed by atoms with E-state index in [-0.39, 0.29) is 16.7 Å². The van der Waals surface area contributed by atoms with Crippen molar-refractivity contribution in [2.45, 2.75) is 12.5 Å². The second-order valence-electron chi connectivity index (χ2n) is 4.11. The molecule has 0 unspecified atom stereocenters. The Morgan fingerprint density at radius 2 is 1.67 bits per heavy atom. The minimum absolute atomic E-state index is 0.129. The first-order valence-corrected chi connectivity index (χ1v) is 5.71. The Bertz CT molecular complexity index is 541. The number of hydrogen-bond donors (Lipinski definition) is 1. The molecule has 4 heteroatoms. The first-order chi connectivity index (χ1) is 8.68. The first-order valence-electron chi connectivity index (χ1n) is 5.71. The Hall–Kier alpha value is -2.20. The monoisotopic (exact) mass is 242 g/mol. The lowest BCUT2D eigenvalue weighted by Crippen LogP contribution is -2.14. The largest absolute Gasteiger partial charge is 0.324 e. The van der Waals surface area contributed by atoms with Gasteiger partial charge in [-0.2, -0.15) is 0 Å². The highest BCUT2D eigenvalue weighted by Crippen LogP contribution is 2.23. The molecule has 0 aliphatic carbocycles. The van der Waals surface area contributed by atoms with Crippen LogP contribution < -0.4 is 5.73 Å². The van der Waals surface area contributed by atoms with Gasteiger partial charge in [0, 0.05) is 17.7 Å². The van der Waals surface area contributed by atoms with Crippen molar-refractivity contribution in [1.82, 2.24) is 0 Å². The molecular formula is C14H14N2O2. The average Bonchev–Trinajstić information content (AvgIpc) is 2.40. The van der Waals surface area contributed by atoms with E-state index in [2.05, 4.69) is 0 Å². The normalized spacial score (nSPS) is 12.1. The van der Waals surface area contributed by atoms with Crippen LogP contribution in [0.15, 0.2) is 54.6 Å². The summed E-state index contributed by atoms with van der Waals surface area (Å²) in [7, 11) is 0. The van der Waals surface area contributed by atoms with Gasteiger partial charge in [0.05, 0.1) is 4.92 Å². The van der Waals surface area contributed by atoms with Gasteiger partial charge in [-0.25, -0.2) is 0 Å². The molecule has 2 aromatic rings. The van der Waals surface area contributed by atoms with Crippen LogP contribution in [0.3, 0.4) is 0 Å². The van der Waals surface area contributed by atoms with Crippen LogP contribution in [0.4, 0.5) is 5.69 Å². The van der Waals surface area contributed by atoms with Crippen LogP contribution in [0.5, 0.6) is 0 Å². The van der Waals surface area contributed by atoms with Crippen molar-refractivity contribution in [3.8, 4) is 0 Å². The maximum atomic E-state index is 10.9. The van der Waals surface area contributed by atoms with Gasteiger partial charge in [0.15, 0.2) is 0 Å². The number of benzene rings is 2. The summed E-state index contributed by atoms with van der Waals surface area (Å²) in [6, 6.07) is 16.1. The third-order valence-corrected chi connectivity index (χ3v) is 2.86. The number of nitrogens with two attached hydrogens (primary N) is 1. The molecule has 2 aromatic carbocycles. The number of hydrogen-bond acceptors (Lipinski definition) is 3. The van der Waals surface area contributed by atoms with E-state index in [0.717, 1.165) is 5.56 Å². The maximum absolute atomic E-state index is 10.9. The Morgan fingerprint density at radius 1 is 1.06 bits per heavy atom. The number of nitro groups is 1. The van der Waals surface area contributed by atoms with Crippen molar-refractivity contribution in [2.75, 3.05) is 0 Å². The summed E-state index contributed by atoms with van der Waals surface area (Å²) in [5.74, 6) is 0. The molecule has 0 fully saturated rings. The quantitative estimate of drug-likeness (QED) is 0.662. The molecule has 0 heterocycles. The van der Waals surface area contributed by atoms with E-state index in [1.165, 1.54) is 6.07 Å². The predicted octanol–water partition coefficient (Wildman–Crippen LogP) is 2.84. The summed E-state index contributed by atoms with van der Waals surface area (Å²) >= 11 is 0. The Morgan fingerprint density at radius 3 is 2.33 bits per heavy atom. The van der Waals surface area contributed by atoms with Crippen LogP contribution in [0.2, 0.25) is 0 Å². The summed E-state index contributed by atoms with van der Waals surface area (Å²) in [5, 5.41) is 10.9. The smallest absolute Gasteiger partial charge is 0.272 e. The van der Waals surface area contributed by atoms with Crippen molar-refractivity contribution < 1.29 is 4.92 Å². The fourth-order valence-corrected chi connectivity index (χ4v) is 1.92. The molecule has 18 heavy (non-hydrogen) atoms. The molecule has 0 bridgehead atoms. The fraction of sp³-hybridized carbons (Fsp3) is 0.143. The highest BCUT2D eigenvalue weighted by molar-refractivity contribution is 5.41. The van der Waals surface area contributed by atoms with Crippen LogP contribution in [0, 0.1) is 10.1 Å².